The van der Waals surface area contributed by atoms with Crippen LogP contribution in [-0.2, 0) is 6.54 Å². The molecule has 0 aliphatic carbocycles. The number of rotatable bonds is 5. The zero-order chi connectivity index (χ0) is 19.3. The van der Waals surface area contributed by atoms with Crippen LogP contribution in [0.2, 0.25) is 0 Å². The predicted octanol–water partition coefficient (Wildman–Crippen LogP) is 3.15. The Bertz CT molecular complexity index is 757. The molecule has 2 aliphatic rings. The lowest BCUT2D eigenvalue weighted by Gasteiger charge is -2.39. The highest BCUT2D eigenvalue weighted by Gasteiger charge is 2.27. The van der Waals surface area contributed by atoms with Crippen molar-refractivity contribution in [2.24, 2.45) is 0 Å². The number of nitrogen functional groups attached to an aromatic ring is 1. The molecule has 28 heavy (non-hydrogen) atoms. The average molecular weight is 381 g/mol. The number of hydrogen-bond acceptors (Lipinski definition) is 6. The number of aromatic nitrogens is 2. The summed E-state index contributed by atoms with van der Waals surface area (Å²) in [7, 11) is 0. The molecule has 2 aliphatic heterocycles. The molecule has 1 aromatic heterocycles. The Morgan fingerprint density at radius 3 is 2.46 bits per heavy atom. The Labute approximate surface area is 168 Å². The van der Waals surface area contributed by atoms with E-state index in [0.29, 0.717) is 6.04 Å². The van der Waals surface area contributed by atoms with Crippen molar-refractivity contribution >= 4 is 17.3 Å². The number of nitrogens with zero attached hydrogens (tertiary/aromatic N) is 5. The summed E-state index contributed by atoms with van der Waals surface area (Å²) in [5.74, 6) is 1.84. The van der Waals surface area contributed by atoms with Crippen LogP contribution in [-0.4, -0.2) is 53.6 Å². The molecule has 6 heteroatoms. The second kappa shape index (κ2) is 8.78. The van der Waals surface area contributed by atoms with Gasteiger partial charge < -0.3 is 15.5 Å². The van der Waals surface area contributed by atoms with E-state index in [2.05, 4.69) is 61.9 Å². The SMILES string of the molecule is CCC1CCCCN1c1ncnc(N2CCN(Cc3ccccc3)CC2)c1N. The smallest absolute Gasteiger partial charge is 0.157 e. The molecule has 2 saturated heterocycles. The third-order valence-corrected chi connectivity index (χ3v) is 6.13. The molecule has 1 aromatic carbocycles. The predicted molar refractivity (Wildman–Crippen MR) is 116 cm³/mol. The number of nitrogens with two attached hydrogens (primary N) is 1. The van der Waals surface area contributed by atoms with Gasteiger partial charge in [0.1, 0.15) is 12.0 Å². The number of anilines is 3. The molecule has 4 rings (SSSR count). The van der Waals surface area contributed by atoms with Crippen molar-refractivity contribution in [3.63, 3.8) is 0 Å². The lowest BCUT2D eigenvalue weighted by atomic mass is 10.00. The molecule has 0 spiro atoms. The molecule has 3 heterocycles. The van der Waals surface area contributed by atoms with E-state index in [1.54, 1.807) is 6.33 Å². The van der Waals surface area contributed by atoms with E-state index in [1.807, 2.05) is 0 Å². The summed E-state index contributed by atoms with van der Waals surface area (Å²) >= 11 is 0. The van der Waals surface area contributed by atoms with E-state index >= 15 is 0 Å². The van der Waals surface area contributed by atoms with Gasteiger partial charge in [0.15, 0.2) is 11.6 Å². The third-order valence-electron chi connectivity index (χ3n) is 6.13. The van der Waals surface area contributed by atoms with Gasteiger partial charge in [-0.3, -0.25) is 4.90 Å². The van der Waals surface area contributed by atoms with Gasteiger partial charge in [0.25, 0.3) is 0 Å². The van der Waals surface area contributed by atoms with E-state index in [0.717, 1.165) is 63.0 Å². The molecule has 0 amide bonds. The van der Waals surface area contributed by atoms with Gasteiger partial charge in [-0.05, 0) is 31.2 Å². The minimum absolute atomic E-state index is 0.543. The Hall–Kier alpha value is -2.34. The number of piperazine rings is 1. The topological polar surface area (TPSA) is 61.5 Å². The van der Waals surface area contributed by atoms with Gasteiger partial charge in [-0.2, -0.15) is 0 Å². The normalized spacial score (nSPS) is 21.1. The Morgan fingerprint density at radius 1 is 0.964 bits per heavy atom. The maximum Gasteiger partial charge on any atom is 0.157 e. The molecule has 150 valence electrons. The number of piperidine rings is 1. The molecule has 0 radical (unpaired) electrons. The van der Waals surface area contributed by atoms with E-state index < -0.39 is 0 Å². The maximum atomic E-state index is 6.60. The monoisotopic (exact) mass is 380 g/mol. The molecule has 1 atom stereocenters. The van der Waals surface area contributed by atoms with Crippen molar-refractivity contribution in [2.45, 2.75) is 45.2 Å². The first-order valence-electron chi connectivity index (χ1n) is 10.6. The summed E-state index contributed by atoms with van der Waals surface area (Å²) in [5, 5.41) is 0. The van der Waals surface area contributed by atoms with Crippen LogP contribution in [0.3, 0.4) is 0 Å². The highest BCUT2D eigenvalue weighted by molar-refractivity contribution is 5.76. The Morgan fingerprint density at radius 2 is 1.71 bits per heavy atom. The quantitative estimate of drug-likeness (QED) is 0.860. The zero-order valence-electron chi connectivity index (χ0n) is 16.9. The van der Waals surface area contributed by atoms with E-state index in [9.17, 15) is 0 Å². The lowest BCUT2D eigenvalue weighted by molar-refractivity contribution is 0.249. The minimum atomic E-state index is 0.543. The summed E-state index contributed by atoms with van der Waals surface area (Å²) in [4.78, 5) is 16.4. The van der Waals surface area contributed by atoms with Gasteiger partial charge in [-0.25, -0.2) is 9.97 Å². The molecular weight excluding hydrogens is 348 g/mol. The van der Waals surface area contributed by atoms with Crippen LogP contribution < -0.4 is 15.5 Å². The molecule has 0 saturated carbocycles. The van der Waals surface area contributed by atoms with Gasteiger partial charge in [-0.15, -0.1) is 0 Å². The van der Waals surface area contributed by atoms with Crippen LogP contribution in [0.4, 0.5) is 17.3 Å². The third kappa shape index (κ3) is 4.07. The van der Waals surface area contributed by atoms with E-state index in [1.165, 1.54) is 24.8 Å². The zero-order valence-corrected chi connectivity index (χ0v) is 16.9. The molecule has 2 N–H and O–H groups in total. The van der Waals surface area contributed by atoms with Crippen LogP contribution in [0.5, 0.6) is 0 Å². The highest BCUT2D eigenvalue weighted by Crippen LogP contribution is 2.34. The molecule has 2 aromatic rings. The lowest BCUT2D eigenvalue weighted by Crippen LogP contribution is -2.46. The molecule has 0 bridgehead atoms. The van der Waals surface area contributed by atoms with Gasteiger partial charge >= 0.3 is 0 Å². The van der Waals surface area contributed by atoms with Crippen LogP contribution in [0, 0.1) is 0 Å². The van der Waals surface area contributed by atoms with Crippen molar-refractivity contribution in [1.82, 2.24) is 14.9 Å². The largest absolute Gasteiger partial charge is 0.393 e. The fourth-order valence-corrected chi connectivity index (χ4v) is 4.52. The van der Waals surface area contributed by atoms with Crippen molar-refractivity contribution in [2.75, 3.05) is 48.3 Å². The summed E-state index contributed by atoms with van der Waals surface area (Å²) in [6.45, 7) is 8.25. The van der Waals surface area contributed by atoms with Crippen LogP contribution in [0.15, 0.2) is 36.7 Å². The summed E-state index contributed by atoms with van der Waals surface area (Å²) in [5.41, 5.74) is 8.72. The first-order chi connectivity index (χ1) is 13.8. The first kappa shape index (κ1) is 19.0. The fourth-order valence-electron chi connectivity index (χ4n) is 4.52. The second-order valence-electron chi connectivity index (χ2n) is 7.93. The second-order valence-corrected chi connectivity index (χ2v) is 7.93. The average Bonchev–Trinajstić information content (AvgIpc) is 2.75. The minimum Gasteiger partial charge on any atom is -0.393 e. The van der Waals surface area contributed by atoms with Crippen molar-refractivity contribution in [3.8, 4) is 0 Å². The molecular formula is C22H32N6. The Kier molecular flexibility index (Phi) is 5.95. The van der Waals surface area contributed by atoms with Crippen molar-refractivity contribution in [3.05, 3.63) is 42.2 Å². The standard InChI is InChI=1S/C22H32N6/c1-2-19-10-6-7-11-28(19)22-20(23)21(24-17-25-22)27-14-12-26(13-15-27)16-18-8-4-3-5-9-18/h3-5,8-9,17,19H,2,6-7,10-16,23H2,1H3. The summed E-state index contributed by atoms with van der Waals surface area (Å²) < 4.78 is 0. The molecule has 2 fully saturated rings. The van der Waals surface area contributed by atoms with Gasteiger partial charge in [0, 0.05) is 45.3 Å². The Balaban J connectivity index is 1.44. The molecule has 1 unspecified atom stereocenters. The van der Waals surface area contributed by atoms with E-state index in [-0.39, 0.29) is 0 Å². The van der Waals surface area contributed by atoms with Gasteiger partial charge in [0.05, 0.1) is 0 Å². The van der Waals surface area contributed by atoms with Crippen molar-refractivity contribution < 1.29 is 0 Å². The van der Waals surface area contributed by atoms with E-state index in [4.69, 9.17) is 5.73 Å². The highest BCUT2D eigenvalue weighted by atomic mass is 15.3. The van der Waals surface area contributed by atoms with Gasteiger partial charge in [0.2, 0.25) is 0 Å². The number of hydrogen-bond donors (Lipinski definition) is 1. The summed E-state index contributed by atoms with van der Waals surface area (Å²) in [6.07, 6.45) is 6.58. The maximum absolute atomic E-state index is 6.60. The fraction of sp³-hybridized carbons (Fsp3) is 0.545. The van der Waals surface area contributed by atoms with Crippen LogP contribution in [0.25, 0.3) is 0 Å². The van der Waals surface area contributed by atoms with Crippen LogP contribution >= 0.6 is 0 Å². The van der Waals surface area contributed by atoms with Gasteiger partial charge in [-0.1, -0.05) is 37.3 Å². The first-order valence-corrected chi connectivity index (χ1v) is 10.6. The molecule has 6 nitrogen and oxygen atoms in total. The number of benzene rings is 1. The van der Waals surface area contributed by atoms with Crippen molar-refractivity contribution in [1.29, 1.82) is 0 Å². The summed E-state index contributed by atoms with van der Waals surface area (Å²) in [6, 6.07) is 11.2. The van der Waals surface area contributed by atoms with Crippen LogP contribution in [0.1, 0.15) is 38.2 Å².